The Bertz CT molecular complexity index is 620. The number of hydrogen-bond donors (Lipinski definition) is 2. The van der Waals surface area contributed by atoms with E-state index in [2.05, 4.69) is 0 Å². The molecule has 1 atom stereocenters. The molecule has 2 heterocycles. The number of rotatable bonds is 4. The third-order valence-corrected chi connectivity index (χ3v) is 4.10. The third kappa shape index (κ3) is 2.83. The zero-order valence-electron chi connectivity index (χ0n) is 12.7. The first-order chi connectivity index (χ1) is 10.0. The summed E-state index contributed by atoms with van der Waals surface area (Å²) < 4.78 is 2.57. The van der Waals surface area contributed by atoms with Crippen LogP contribution in [0.2, 0.25) is 0 Å². The molecule has 0 radical (unpaired) electrons. The minimum Gasteiger partial charge on any atom is -0.396 e. The normalized spacial score (nSPS) is 19.0. The summed E-state index contributed by atoms with van der Waals surface area (Å²) in [6.07, 6.45) is 2.61. The molecule has 1 aliphatic heterocycles. The van der Waals surface area contributed by atoms with Gasteiger partial charge in [-0.15, -0.1) is 0 Å². The van der Waals surface area contributed by atoms with Gasteiger partial charge in [0.05, 0.1) is 0 Å². The van der Waals surface area contributed by atoms with Gasteiger partial charge in [-0.05, 0) is 25.2 Å². The molecule has 1 fully saturated rings. The molecule has 1 aromatic rings. The quantitative estimate of drug-likeness (QED) is 0.799. The van der Waals surface area contributed by atoms with Gasteiger partial charge in [-0.25, -0.2) is 4.79 Å². The van der Waals surface area contributed by atoms with Crippen molar-refractivity contribution in [2.24, 2.45) is 13.0 Å². The molecule has 21 heavy (non-hydrogen) atoms. The topological polar surface area (TPSA) is 93.5 Å². The number of nitrogens with two attached hydrogens (primary N) is 1. The van der Waals surface area contributed by atoms with Crippen molar-refractivity contribution >= 4 is 11.5 Å². The van der Waals surface area contributed by atoms with E-state index >= 15 is 0 Å². The fraction of sp³-hybridized carbons (Fsp3) is 0.714. The van der Waals surface area contributed by atoms with Gasteiger partial charge in [0, 0.05) is 33.3 Å². The van der Waals surface area contributed by atoms with Crippen molar-refractivity contribution < 1.29 is 5.11 Å². The summed E-state index contributed by atoms with van der Waals surface area (Å²) in [5, 5.41) is 9.34. The van der Waals surface area contributed by atoms with Crippen molar-refractivity contribution in [2.45, 2.75) is 32.7 Å². The van der Waals surface area contributed by atoms with E-state index in [0.29, 0.717) is 18.8 Å². The average molecular weight is 296 g/mol. The molecule has 3 N–H and O–H groups in total. The van der Waals surface area contributed by atoms with Crippen LogP contribution < -0.4 is 21.9 Å². The summed E-state index contributed by atoms with van der Waals surface area (Å²) in [6, 6.07) is 0. The number of nitrogens with zero attached hydrogens (tertiary/aromatic N) is 3. The highest BCUT2D eigenvalue weighted by Crippen LogP contribution is 2.24. The lowest BCUT2D eigenvalue weighted by molar-refractivity contribution is 0.208. The van der Waals surface area contributed by atoms with Crippen molar-refractivity contribution in [2.75, 3.05) is 30.3 Å². The van der Waals surface area contributed by atoms with Crippen LogP contribution in [-0.4, -0.2) is 33.9 Å². The van der Waals surface area contributed by atoms with Crippen LogP contribution in [0.4, 0.5) is 11.5 Å². The Labute approximate surface area is 123 Å². The number of aromatic nitrogens is 2. The number of hydrogen-bond acceptors (Lipinski definition) is 5. The molecule has 118 valence electrons. The molecular formula is C14H24N4O3. The number of aliphatic hydroxyl groups excluding tert-OH is 1. The van der Waals surface area contributed by atoms with Crippen LogP contribution in [-0.2, 0) is 13.6 Å². The zero-order chi connectivity index (χ0) is 15.6. The van der Waals surface area contributed by atoms with Crippen molar-refractivity contribution in [3.05, 3.63) is 20.8 Å². The van der Waals surface area contributed by atoms with E-state index in [0.717, 1.165) is 30.4 Å². The lowest BCUT2D eigenvalue weighted by Crippen LogP contribution is -2.46. The van der Waals surface area contributed by atoms with E-state index in [1.807, 2.05) is 11.8 Å². The van der Waals surface area contributed by atoms with Gasteiger partial charge < -0.3 is 15.7 Å². The molecule has 0 bridgehead atoms. The second-order valence-electron chi connectivity index (χ2n) is 5.67. The van der Waals surface area contributed by atoms with Crippen LogP contribution in [0.5, 0.6) is 0 Å². The fourth-order valence-corrected chi connectivity index (χ4v) is 2.92. The molecule has 2 rings (SSSR count). The van der Waals surface area contributed by atoms with E-state index in [1.54, 1.807) is 0 Å². The Morgan fingerprint density at radius 2 is 2.10 bits per heavy atom. The van der Waals surface area contributed by atoms with E-state index < -0.39 is 0 Å². The Morgan fingerprint density at radius 1 is 1.38 bits per heavy atom. The molecule has 0 aromatic carbocycles. The molecule has 1 saturated heterocycles. The summed E-state index contributed by atoms with van der Waals surface area (Å²) in [5.74, 6) is 0.387. The van der Waals surface area contributed by atoms with Crippen LogP contribution in [0.25, 0.3) is 0 Å². The van der Waals surface area contributed by atoms with Gasteiger partial charge in [0.25, 0.3) is 5.56 Å². The lowest BCUT2D eigenvalue weighted by atomic mass is 9.99. The zero-order valence-corrected chi connectivity index (χ0v) is 12.7. The summed E-state index contributed by atoms with van der Waals surface area (Å²) in [6.45, 7) is 3.87. The van der Waals surface area contributed by atoms with Crippen LogP contribution in [0, 0.1) is 5.92 Å². The van der Waals surface area contributed by atoms with Crippen LogP contribution in [0.15, 0.2) is 9.59 Å². The molecule has 0 saturated carbocycles. The first-order valence-corrected chi connectivity index (χ1v) is 7.46. The smallest absolute Gasteiger partial charge is 0.332 e. The Balaban J connectivity index is 2.52. The van der Waals surface area contributed by atoms with E-state index in [9.17, 15) is 14.7 Å². The molecule has 1 aliphatic rings. The molecule has 7 nitrogen and oxygen atoms in total. The van der Waals surface area contributed by atoms with Gasteiger partial charge >= 0.3 is 5.69 Å². The van der Waals surface area contributed by atoms with Gasteiger partial charge in [-0.3, -0.25) is 13.9 Å². The number of aliphatic hydroxyl groups is 1. The van der Waals surface area contributed by atoms with Gasteiger partial charge in [0.1, 0.15) is 11.5 Å². The van der Waals surface area contributed by atoms with Crippen molar-refractivity contribution in [3.8, 4) is 0 Å². The maximum absolute atomic E-state index is 12.4. The van der Waals surface area contributed by atoms with Crippen molar-refractivity contribution in [3.63, 3.8) is 0 Å². The minimum absolute atomic E-state index is 0.102. The van der Waals surface area contributed by atoms with Gasteiger partial charge in [0.15, 0.2) is 0 Å². The summed E-state index contributed by atoms with van der Waals surface area (Å²) in [7, 11) is 1.48. The maximum Gasteiger partial charge on any atom is 0.332 e. The molecule has 0 spiro atoms. The van der Waals surface area contributed by atoms with E-state index in [4.69, 9.17) is 5.73 Å². The molecule has 0 aliphatic carbocycles. The lowest BCUT2D eigenvalue weighted by Gasteiger charge is -2.34. The van der Waals surface area contributed by atoms with Gasteiger partial charge in [-0.1, -0.05) is 6.92 Å². The Morgan fingerprint density at radius 3 is 2.71 bits per heavy atom. The van der Waals surface area contributed by atoms with Crippen molar-refractivity contribution in [1.29, 1.82) is 0 Å². The average Bonchev–Trinajstić information content (AvgIpc) is 2.50. The molecule has 7 heteroatoms. The largest absolute Gasteiger partial charge is 0.396 e. The number of nitrogen functional groups attached to an aromatic ring is 1. The monoisotopic (exact) mass is 296 g/mol. The van der Waals surface area contributed by atoms with Gasteiger partial charge in [0.2, 0.25) is 0 Å². The van der Waals surface area contributed by atoms with Crippen molar-refractivity contribution in [1.82, 2.24) is 9.13 Å². The molecule has 1 unspecified atom stereocenters. The van der Waals surface area contributed by atoms with Crippen LogP contribution >= 0.6 is 0 Å². The SMILES string of the molecule is CCCn1c(N)c(N2CCCC(CO)C2)c(=O)n(C)c1=O. The predicted molar refractivity (Wildman–Crippen MR) is 82.7 cm³/mol. The highest BCUT2D eigenvalue weighted by atomic mass is 16.3. The first kappa shape index (κ1) is 15.6. The summed E-state index contributed by atoms with van der Waals surface area (Å²) in [4.78, 5) is 26.5. The Kier molecular flexibility index (Phi) is 4.72. The van der Waals surface area contributed by atoms with E-state index in [1.165, 1.54) is 11.6 Å². The van der Waals surface area contributed by atoms with Crippen LogP contribution in [0.1, 0.15) is 26.2 Å². The summed E-state index contributed by atoms with van der Waals surface area (Å²) in [5.41, 5.74) is 5.76. The predicted octanol–water partition coefficient (Wildman–Crippen LogP) is -0.252. The third-order valence-electron chi connectivity index (χ3n) is 4.10. The molecule has 1 aromatic heterocycles. The first-order valence-electron chi connectivity index (χ1n) is 7.46. The number of piperidine rings is 1. The molecular weight excluding hydrogens is 272 g/mol. The standard InChI is InChI=1S/C14H24N4O3/c1-3-6-18-12(15)11(13(20)16(2)14(18)21)17-7-4-5-10(8-17)9-19/h10,19H,3-9,15H2,1-2H3. The molecule has 0 amide bonds. The second kappa shape index (κ2) is 6.34. The highest BCUT2D eigenvalue weighted by molar-refractivity contribution is 5.62. The minimum atomic E-state index is -0.376. The van der Waals surface area contributed by atoms with Crippen LogP contribution in [0.3, 0.4) is 0 Å². The van der Waals surface area contributed by atoms with E-state index in [-0.39, 0.29) is 29.6 Å². The second-order valence-corrected chi connectivity index (χ2v) is 5.67. The number of anilines is 2. The van der Waals surface area contributed by atoms with Gasteiger partial charge in [-0.2, -0.15) is 0 Å². The Hall–Kier alpha value is -1.76. The summed E-state index contributed by atoms with van der Waals surface area (Å²) >= 11 is 0. The highest BCUT2D eigenvalue weighted by Gasteiger charge is 2.25. The maximum atomic E-state index is 12.4. The fourth-order valence-electron chi connectivity index (χ4n) is 2.92.